The molecular formula is C14H19NO6S. The molecule has 1 aromatic rings. The molecule has 0 aromatic heterocycles. The molecule has 1 fully saturated rings. The van der Waals surface area contributed by atoms with E-state index in [9.17, 15) is 18.3 Å². The molecule has 2 rings (SSSR count). The number of aliphatic carboxylic acids is 1. The van der Waals surface area contributed by atoms with Gasteiger partial charge in [-0.3, -0.25) is 0 Å². The number of sulfonamides is 1. The van der Waals surface area contributed by atoms with E-state index in [2.05, 4.69) is 0 Å². The van der Waals surface area contributed by atoms with Crippen LogP contribution in [0.25, 0.3) is 0 Å². The highest BCUT2D eigenvalue weighted by atomic mass is 32.2. The molecular weight excluding hydrogens is 310 g/mol. The minimum Gasteiger partial charge on any atom is -0.494 e. The van der Waals surface area contributed by atoms with Gasteiger partial charge in [-0.15, -0.1) is 0 Å². The molecule has 0 bridgehead atoms. The average molecular weight is 329 g/mol. The van der Waals surface area contributed by atoms with Crippen molar-refractivity contribution < 1.29 is 28.2 Å². The van der Waals surface area contributed by atoms with Crippen LogP contribution in [0.2, 0.25) is 0 Å². The molecule has 122 valence electrons. The van der Waals surface area contributed by atoms with E-state index in [0.717, 1.165) is 0 Å². The first-order valence-electron chi connectivity index (χ1n) is 6.98. The maximum Gasteiger partial charge on any atom is 0.335 e. The molecule has 1 heterocycles. The van der Waals surface area contributed by atoms with Crippen LogP contribution >= 0.6 is 0 Å². The average Bonchev–Trinajstić information content (AvgIpc) is 2.48. The summed E-state index contributed by atoms with van der Waals surface area (Å²) in [5.74, 6) is -0.856. The molecule has 0 saturated carbocycles. The van der Waals surface area contributed by atoms with Gasteiger partial charge in [0.05, 0.1) is 11.5 Å². The Labute approximate surface area is 129 Å². The standard InChI is InChI=1S/C14H19NO6S/c1-2-21-11-4-3-5-12(10-11)22(19,20)15-8-6-14(18,7-9-15)13(16)17/h3-5,10,18H,2,6-9H2,1H3,(H,16,17). The number of rotatable bonds is 5. The molecule has 1 aromatic carbocycles. The molecule has 1 aliphatic heterocycles. The molecule has 0 spiro atoms. The molecule has 0 amide bonds. The molecule has 1 saturated heterocycles. The second-order valence-electron chi connectivity index (χ2n) is 5.15. The van der Waals surface area contributed by atoms with Gasteiger partial charge in [-0.2, -0.15) is 4.31 Å². The smallest absolute Gasteiger partial charge is 0.335 e. The van der Waals surface area contributed by atoms with Crippen molar-refractivity contribution in [3.8, 4) is 5.75 Å². The molecule has 0 unspecified atom stereocenters. The van der Waals surface area contributed by atoms with Crippen LogP contribution in [0.4, 0.5) is 0 Å². The molecule has 0 radical (unpaired) electrons. The largest absolute Gasteiger partial charge is 0.494 e. The van der Waals surface area contributed by atoms with Crippen molar-refractivity contribution in [1.29, 1.82) is 0 Å². The fourth-order valence-corrected chi connectivity index (χ4v) is 3.83. The number of piperidine rings is 1. The van der Waals surface area contributed by atoms with Gasteiger partial charge < -0.3 is 14.9 Å². The predicted octanol–water partition coefficient (Wildman–Crippen LogP) is 0.685. The molecule has 0 aliphatic carbocycles. The SMILES string of the molecule is CCOc1cccc(S(=O)(=O)N2CCC(O)(C(=O)O)CC2)c1. The van der Waals surface area contributed by atoms with Gasteiger partial charge in [0.2, 0.25) is 10.0 Å². The minimum absolute atomic E-state index is 0.0377. The number of ether oxygens (including phenoxy) is 1. The lowest BCUT2D eigenvalue weighted by Crippen LogP contribution is -2.50. The van der Waals surface area contributed by atoms with E-state index in [1.54, 1.807) is 19.1 Å². The quantitative estimate of drug-likeness (QED) is 0.823. The topological polar surface area (TPSA) is 104 Å². The lowest BCUT2D eigenvalue weighted by atomic mass is 9.93. The maximum absolute atomic E-state index is 12.6. The van der Waals surface area contributed by atoms with E-state index in [-0.39, 0.29) is 30.8 Å². The molecule has 8 heteroatoms. The number of carboxylic acids is 1. The van der Waals surface area contributed by atoms with Gasteiger partial charge in [0.25, 0.3) is 0 Å². The van der Waals surface area contributed by atoms with Crippen molar-refractivity contribution in [3.63, 3.8) is 0 Å². The van der Waals surface area contributed by atoms with Crippen LogP contribution < -0.4 is 4.74 Å². The summed E-state index contributed by atoms with van der Waals surface area (Å²) in [6.45, 7) is 2.16. The third-order valence-electron chi connectivity index (χ3n) is 3.70. The zero-order valence-electron chi connectivity index (χ0n) is 12.2. The highest BCUT2D eigenvalue weighted by Gasteiger charge is 2.42. The molecule has 1 aliphatic rings. The summed E-state index contributed by atoms with van der Waals surface area (Å²) in [6, 6.07) is 6.17. The van der Waals surface area contributed by atoms with E-state index < -0.39 is 21.6 Å². The fourth-order valence-electron chi connectivity index (χ4n) is 2.35. The summed E-state index contributed by atoms with van der Waals surface area (Å²) in [4.78, 5) is 11.1. The minimum atomic E-state index is -3.73. The number of aliphatic hydroxyl groups is 1. The van der Waals surface area contributed by atoms with E-state index in [4.69, 9.17) is 9.84 Å². The second kappa shape index (κ2) is 6.23. The van der Waals surface area contributed by atoms with Gasteiger partial charge in [0.15, 0.2) is 5.60 Å². The molecule has 22 heavy (non-hydrogen) atoms. The monoisotopic (exact) mass is 329 g/mol. The highest BCUT2D eigenvalue weighted by molar-refractivity contribution is 7.89. The Morgan fingerprint density at radius 2 is 2.00 bits per heavy atom. The van der Waals surface area contributed by atoms with Crippen molar-refractivity contribution in [2.75, 3.05) is 19.7 Å². The third-order valence-corrected chi connectivity index (χ3v) is 5.60. The van der Waals surface area contributed by atoms with Crippen molar-refractivity contribution >= 4 is 16.0 Å². The van der Waals surface area contributed by atoms with Gasteiger partial charge in [0, 0.05) is 32.0 Å². The van der Waals surface area contributed by atoms with Crippen molar-refractivity contribution in [2.45, 2.75) is 30.3 Å². The Morgan fingerprint density at radius 3 is 2.55 bits per heavy atom. The zero-order chi connectivity index (χ0) is 16.4. The molecule has 2 N–H and O–H groups in total. The molecule has 0 atom stereocenters. The number of nitrogens with zero attached hydrogens (tertiary/aromatic N) is 1. The van der Waals surface area contributed by atoms with Crippen LogP contribution in [0.1, 0.15) is 19.8 Å². The number of hydrogen-bond acceptors (Lipinski definition) is 5. The van der Waals surface area contributed by atoms with Crippen LogP contribution in [-0.2, 0) is 14.8 Å². The van der Waals surface area contributed by atoms with E-state index in [1.165, 1.54) is 16.4 Å². The van der Waals surface area contributed by atoms with E-state index >= 15 is 0 Å². The van der Waals surface area contributed by atoms with E-state index in [0.29, 0.717) is 12.4 Å². The lowest BCUT2D eigenvalue weighted by Gasteiger charge is -2.34. The summed E-state index contributed by atoms with van der Waals surface area (Å²) in [5.41, 5.74) is -1.85. The van der Waals surface area contributed by atoms with Gasteiger partial charge in [-0.05, 0) is 19.1 Å². The van der Waals surface area contributed by atoms with Crippen LogP contribution in [0, 0.1) is 0 Å². The predicted molar refractivity (Wildman–Crippen MR) is 78.2 cm³/mol. The van der Waals surface area contributed by atoms with Gasteiger partial charge in [-0.1, -0.05) is 6.07 Å². The van der Waals surface area contributed by atoms with Crippen LogP contribution in [0.15, 0.2) is 29.2 Å². The van der Waals surface area contributed by atoms with Gasteiger partial charge in [0.1, 0.15) is 5.75 Å². The van der Waals surface area contributed by atoms with Crippen LogP contribution in [-0.4, -0.2) is 54.2 Å². The Hall–Kier alpha value is -1.64. The van der Waals surface area contributed by atoms with Crippen molar-refractivity contribution in [3.05, 3.63) is 24.3 Å². The summed E-state index contributed by atoms with van der Waals surface area (Å²) in [5, 5.41) is 18.8. The maximum atomic E-state index is 12.6. The Balaban J connectivity index is 2.18. The first-order chi connectivity index (χ1) is 10.3. The summed E-state index contributed by atoms with van der Waals surface area (Å²) < 4.78 is 31.6. The summed E-state index contributed by atoms with van der Waals surface area (Å²) >= 11 is 0. The van der Waals surface area contributed by atoms with Gasteiger partial charge >= 0.3 is 5.97 Å². The summed E-state index contributed by atoms with van der Waals surface area (Å²) in [7, 11) is -3.73. The number of benzene rings is 1. The van der Waals surface area contributed by atoms with Crippen molar-refractivity contribution in [1.82, 2.24) is 4.31 Å². The zero-order valence-corrected chi connectivity index (χ0v) is 13.0. The normalized spacial score (nSPS) is 18.8. The second-order valence-corrected chi connectivity index (χ2v) is 7.09. The van der Waals surface area contributed by atoms with Gasteiger partial charge in [-0.25, -0.2) is 13.2 Å². The third kappa shape index (κ3) is 3.23. The number of carbonyl (C=O) groups is 1. The highest BCUT2D eigenvalue weighted by Crippen LogP contribution is 2.28. The lowest BCUT2D eigenvalue weighted by molar-refractivity contribution is -0.162. The van der Waals surface area contributed by atoms with E-state index in [1.807, 2.05) is 0 Å². The first-order valence-corrected chi connectivity index (χ1v) is 8.42. The number of carboxylic acid groups (broad SMARTS) is 1. The van der Waals surface area contributed by atoms with Crippen LogP contribution in [0.5, 0.6) is 5.75 Å². The number of hydrogen-bond donors (Lipinski definition) is 2. The Bertz CT molecular complexity index is 649. The van der Waals surface area contributed by atoms with Crippen molar-refractivity contribution in [2.24, 2.45) is 0 Å². The first kappa shape index (κ1) is 16.7. The molecule has 7 nitrogen and oxygen atoms in total. The van der Waals surface area contributed by atoms with Crippen LogP contribution in [0.3, 0.4) is 0 Å². The fraction of sp³-hybridized carbons (Fsp3) is 0.500. The summed E-state index contributed by atoms with van der Waals surface area (Å²) in [6.07, 6.45) is -0.264. The Morgan fingerprint density at radius 1 is 1.36 bits per heavy atom. The Kier molecular flexibility index (Phi) is 4.74.